The first-order chi connectivity index (χ1) is 18.1. The van der Waals surface area contributed by atoms with Gasteiger partial charge >= 0.3 is 6.03 Å². The quantitative estimate of drug-likeness (QED) is 0.271. The average molecular weight is 534 g/mol. The zero-order valence-corrected chi connectivity index (χ0v) is 24.8. The number of amides is 3. The van der Waals surface area contributed by atoms with Crippen LogP contribution in [-0.2, 0) is 17.9 Å². The van der Waals surface area contributed by atoms with Crippen molar-refractivity contribution in [3.05, 3.63) is 87.1 Å². The largest absolute Gasteiger partial charge is 0.332 e. The van der Waals surface area contributed by atoms with Crippen LogP contribution in [0.1, 0.15) is 80.5 Å². The Morgan fingerprint density at radius 3 is 1.97 bits per heavy atom. The molecule has 0 aliphatic heterocycles. The van der Waals surface area contributed by atoms with Gasteiger partial charge in [-0.15, -0.1) is 11.3 Å². The first kappa shape index (κ1) is 29.4. The second-order valence-corrected chi connectivity index (χ2v) is 12.1. The zero-order valence-electron chi connectivity index (χ0n) is 24.0. The lowest BCUT2D eigenvalue weighted by atomic mass is 9.93. The van der Waals surface area contributed by atoms with Crippen molar-refractivity contribution in [1.82, 2.24) is 9.80 Å². The number of carbonyl (C=O) groups excluding carboxylic acids is 2. The van der Waals surface area contributed by atoms with Crippen LogP contribution in [0.4, 0.5) is 10.5 Å². The molecular weight excluding hydrogens is 490 g/mol. The number of hydrogen-bond acceptors (Lipinski definition) is 3. The summed E-state index contributed by atoms with van der Waals surface area (Å²) in [6, 6.07) is 18.1. The van der Waals surface area contributed by atoms with E-state index in [-0.39, 0.29) is 36.2 Å². The number of para-hydroxylation sites is 1. The maximum atomic E-state index is 13.8. The van der Waals surface area contributed by atoms with Crippen LogP contribution in [0.2, 0.25) is 0 Å². The van der Waals surface area contributed by atoms with Crippen LogP contribution in [0.3, 0.4) is 0 Å². The lowest BCUT2D eigenvalue weighted by Gasteiger charge is -2.30. The van der Waals surface area contributed by atoms with Gasteiger partial charge in [0, 0.05) is 23.7 Å². The number of hydrogen-bond donors (Lipinski definition) is 1. The number of benzene rings is 2. The van der Waals surface area contributed by atoms with Crippen LogP contribution >= 0.6 is 11.3 Å². The molecule has 0 unspecified atom stereocenters. The first-order valence-corrected chi connectivity index (χ1v) is 14.5. The molecule has 5 nitrogen and oxygen atoms in total. The van der Waals surface area contributed by atoms with Crippen molar-refractivity contribution < 1.29 is 9.59 Å². The Balaban J connectivity index is 1.87. The number of carbonyl (C=O) groups is 2. The van der Waals surface area contributed by atoms with Gasteiger partial charge in [0.1, 0.15) is 6.54 Å². The molecule has 0 fully saturated rings. The number of rotatable bonds is 11. The zero-order chi connectivity index (χ0) is 27.8. The Labute approximate surface area is 232 Å². The van der Waals surface area contributed by atoms with E-state index in [2.05, 4.69) is 83.4 Å². The van der Waals surface area contributed by atoms with Crippen molar-refractivity contribution in [3.8, 4) is 0 Å². The molecule has 1 aromatic heterocycles. The van der Waals surface area contributed by atoms with E-state index < -0.39 is 0 Å². The molecule has 1 heterocycles. The maximum absolute atomic E-state index is 13.8. The van der Waals surface area contributed by atoms with Crippen molar-refractivity contribution >= 4 is 29.0 Å². The van der Waals surface area contributed by atoms with E-state index in [0.29, 0.717) is 19.6 Å². The Hall–Kier alpha value is -3.12. The standard InChI is InChI=1S/C32H43N3O2S/c1-22(2)18-35(32(37)33-31-27(23(3)4)14-11-15-28(31)24(5)6)21-30(36)34(19-26-12-9-8-10-13-26)20-29-25(7)16-17-38-29/h8-17,22-24H,18-21H2,1-7H3,(H,33,37). The molecule has 1 N–H and O–H groups in total. The van der Waals surface area contributed by atoms with Crippen molar-refractivity contribution in [2.24, 2.45) is 5.92 Å². The highest BCUT2D eigenvalue weighted by Gasteiger charge is 2.25. The van der Waals surface area contributed by atoms with Crippen LogP contribution in [0.5, 0.6) is 0 Å². The number of thiophene rings is 1. The molecule has 0 aliphatic carbocycles. The van der Waals surface area contributed by atoms with E-state index in [1.807, 2.05) is 35.2 Å². The third kappa shape index (κ3) is 7.94. The van der Waals surface area contributed by atoms with Crippen LogP contribution < -0.4 is 5.32 Å². The minimum absolute atomic E-state index is 0.0299. The Morgan fingerprint density at radius 2 is 1.45 bits per heavy atom. The highest BCUT2D eigenvalue weighted by Crippen LogP contribution is 2.32. The number of nitrogens with one attached hydrogen (secondary N) is 1. The fraction of sp³-hybridized carbons (Fsp3) is 0.438. The molecule has 204 valence electrons. The van der Waals surface area contributed by atoms with E-state index in [4.69, 9.17) is 0 Å². The Bertz CT molecular complexity index is 1170. The van der Waals surface area contributed by atoms with E-state index >= 15 is 0 Å². The molecule has 3 rings (SSSR count). The summed E-state index contributed by atoms with van der Waals surface area (Å²) in [5, 5.41) is 5.28. The van der Waals surface area contributed by atoms with Gasteiger partial charge < -0.3 is 15.1 Å². The van der Waals surface area contributed by atoms with Crippen molar-refractivity contribution in [3.63, 3.8) is 0 Å². The Morgan fingerprint density at radius 1 is 0.816 bits per heavy atom. The molecule has 3 amide bonds. The predicted octanol–water partition coefficient (Wildman–Crippen LogP) is 8.02. The first-order valence-electron chi connectivity index (χ1n) is 13.6. The van der Waals surface area contributed by atoms with Crippen molar-refractivity contribution in [2.75, 3.05) is 18.4 Å². The summed E-state index contributed by atoms with van der Waals surface area (Å²) >= 11 is 1.67. The SMILES string of the molecule is Cc1ccsc1CN(Cc1ccccc1)C(=O)CN(CC(C)C)C(=O)Nc1c(C(C)C)cccc1C(C)C. The molecule has 0 saturated carbocycles. The summed E-state index contributed by atoms with van der Waals surface area (Å²) in [7, 11) is 0. The minimum atomic E-state index is -0.228. The van der Waals surface area contributed by atoms with Gasteiger partial charge in [-0.2, -0.15) is 0 Å². The molecule has 0 radical (unpaired) electrons. The third-order valence-electron chi connectivity index (χ3n) is 6.68. The second-order valence-electron chi connectivity index (χ2n) is 11.1. The molecule has 0 saturated heterocycles. The molecule has 6 heteroatoms. The highest BCUT2D eigenvalue weighted by molar-refractivity contribution is 7.10. The van der Waals surface area contributed by atoms with Gasteiger partial charge in [0.25, 0.3) is 0 Å². The van der Waals surface area contributed by atoms with E-state index in [0.717, 1.165) is 22.4 Å². The topological polar surface area (TPSA) is 52.7 Å². The summed E-state index contributed by atoms with van der Waals surface area (Å²) in [4.78, 5) is 32.2. The monoisotopic (exact) mass is 533 g/mol. The molecular formula is C32H43N3O2S. The number of anilines is 1. The van der Waals surface area contributed by atoms with E-state index in [9.17, 15) is 9.59 Å². The van der Waals surface area contributed by atoms with E-state index in [1.165, 1.54) is 10.4 Å². The summed E-state index contributed by atoms with van der Waals surface area (Å²) in [5.41, 5.74) is 5.35. The van der Waals surface area contributed by atoms with Gasteiger partial charge in [0.05, 0.1) is 6.54 Å². The van der Waals surface area contributed by atoms with E-state index in [1.54, 1.807) is 16.2 Å². The summed E-state index contributed by atoms with van der Waals surface area (Å²) < 4.78 is 0. The third-order valence-corrected chi connectivity index (χ3v) is 7.68. The normalized spacial score (nSPS) is 11.3. The smallest absolute Gasteiger partial charge is 0.322 e. The molecule has 0 atom stereocenters. The van der Waals surface area contributed by atoms with Crippen molar-refractivity contribution in [2.45, 2.75) is 73.4 Å². The maximum Gasteiger partial charge on any atom is 0.322 e. The summed E-state index contributed by atoms with van der Waals surface area (Å²) in [6.45, 7) is 16.3. The van der Waals surface area contributed by atoms with Gasteiger partial charge in [-0.1, -0.05) is 90.1 Å². The molecule has 0 bridgehead atoms. The summed E-state index contributed by atoms with van der Waals surface area (Å²) in [5.74, 6) is 0.693. The van der Waals surface area contributed by atoms with Crippen LogP contribution in [0, 0.1) is 12.8 Å². The highest BCUT2D eigenvalue weighted by atomic mass is 32.1. The number of urea groups is 1. The summed E-state index contributed by atoms with van der Waals surface area (Å²) in [6.07, 6.45) is 0. The van der Waals surface area contributed by atoms with Gasteiger partial charge in [0.15, 0.2) is 0 Å². The minimum Gasteiger partial charge on any atom is -0.332 e. The van der Waals surface area contributed by atoms with Gasteiger partial charge in [0.2, 0.25) is 5.91 Å². The lowest BCUT2D eigenvalue weighted by Crippen LogP contribution is -2.45. The van der Waals surface area contributed by atoms with Gasteiger partial charge in [-0.25, -0.2) is 4.79 Å². The van der Waals surface area contributed by atoms with Gasteiger partial charge in [-0.3, -0.25) is 4.79 Å². The lowest BCUT2D eigenvalue weighted by molar-refractivity contribution is -0.133. The van der Waals surface area contributed by atoms with Crippen LogP contribution in [0.25, 0.3) is 0 Å². The molecule has 2 aromatic carbocycles. The fourth-order valence-electron chi connectivity index (χ4n) is 4.58. The molecule has 0 aliphatic rings. The van der Waals surface area contributed by atoms with Gasteiger partial charge in [-0.05, 0) is 58.4 Å². The average Bonchev–Trinajstić information content (AvgIpc) is 3.27. The fourth-order valence-corrected chi connectivity index (χ4v) is 5.50. The second kappa shape index (κ2) is 13.6. The Kier molecular flexibility index (Phi) is 10.5. The molecule has 0 spiro atoms. The number of aryl methyl sites for hydroxylation is 1. The van der Waals surface area contributed by atoms with Crippen LogP contribution in [0.15, 0.2) is 60.0 Å². The molecule has 3 aromatic rings. The van der Waals surface area contributed by atoms with Crippen LogP contribution in [-0.4, -0.2) is 34.8 Å². The number of nitrogens with zero attached hydrogens (tertiary/aromatic N) is 2. The predicted molar refractivity (Wildman–Crippen MR) is 160 cm³/mol. The van der Waals surface area contributed by atoms with Crippen molar-refractivity contribution in [1.29, 1.82) is 0 Å². The molecule has 38 heavy (non-hydrogen) atoms.